The van der Waals surface area contributed by atoms with Crippen molar-refractivity contribution in [3.63, 3.8) is 0 Å². The molecule has 0 saturated carbocycles. The molecule has 2 N–H and O–H groups in total. The van der Waals surface area contributed by atoms with Crippen LogP contribution in [0.4, 0.5) is 14.5 Å². The van der Waals surface area contributed by atoms with Crippen molar-refractivity contribution in [3.05, 3.63) is 28.2 Å². The topological polar surface area (TPSA) is 38.4 Å². The van der Waals surface area contributed by atoms with Gasteiger partial charge in [-0.3, -0.25) is 0 Å². The lowest BCUT2D eigenvalue weighted by Crippen LogP contribution is -2.28. The summed E-state index contributed by atoms with van der Waals surface area (Å²) in [5.41, 5.74) is 5.39. The first kappa shape index (κ1) is 13.1. The number of nitrogens with two attached hydrogens (primary N) is 1. The molecule has 88 valence electrons. The van der Waals surface area contributed by atoms with E-state index >= 15 is 0 Å². The van der Waals surface area contributed by atoms with Crippen LogP contribution in [0.15, 0.2) is 21.6 Å². The molecule has 0 bridgehead atoms. The minimum absolute atomic E-state index is 0.0221. The lowest BCUT2D eigenvalue weighted by atomic mass is 9.95. The predicted octanol–water partition coefficient (Wildman–Crippen LogP) is 3.76. The normalized spacial score (nSPS) is 13.0. The highest BCUT2D eigenvalue weighted by atomic mass is 79.9. The molecule has 0 radical (unpaired) electrons. The molecule has 0 aliphatic heterocycles. The van der Waals surface area contributed by atoms with E-state index in [-0.39, 0.29) is 15.6 Å². The van der Waals surface area contributed by atoms with Crippen LogP contribution in [-0.2, 0) is 0 Å². The predicted molar refractivity (Wildman–Crippen MR) is 64.8 cm³/mol. The molecule has 0 fully saturated rings. The van der Waals surface area contributed by atoms with E-state index in [4.69, 9.17) is 5.73 Å². The largest absolute Gasteiger partial charge is 0.387 e. The number of aliphatic imine (C=N–C) groups is 1. The Labute approximate surface area is 102 Å². The highest BCUT2D eigenvalue weighted by Gasteiger charge is 2.17. The molecule has 0 heterocycles. The van der Waals surface area contributed by atoms with Crippen molar-refractivity contribution in [3.8, 4) is 0 Å². The maximum atomic E-state index is 13.4. The Morgan fingerprint density at radius 1 is 1.31 bits per heavy atom. The Balaban J connectivity index is 3.26. The third-order valence-electron chi connectivity index (χ3n) is 1.98. The number of nitrogens with zero attached hydrogens (tertiary/aromatic N) is 1. The van der Waals surface area contributed by atoms with Crippen molar-refractivity contribution in [1.82, 2.24) is 0 Å². The van der Waals surface area contributed by atoms with Crippen LogP contribution in [0.1, 0.15) is 20.8 Å². The van der Waals surface area contributed by atoms with E-state index in [9.17, 15) is 8.78 Å². The van der Waals surface area contributed by atoms with Gasteiger partial charge in [0.15, 0.2) is 5.82 Å². The number of hydrogen-bond donors (Lipinski definition) is 1. The zero-order valence-corrected chi connectivity index (χ0v) is 10.9. The molecule has 16 heavy (non-hydrogen) atoms. The van der Waals surface area contributed by atoms with Gasteiger partial charge in [0.1, 0.15) is 17.3 Å². The van der Waals surface area contributed by atoms with Gasteiger partial charge < -0.3 is 5.73 Å². The van der Waals surface area contributed by atoms with Crippen LogP contribution >= 0.6 is 15.9 Å². The van der Waals surface area contributed by atoms with Gasteiger partial charge in [-0.15, -0.1) is 0 Å². The standard InChI is InChI=1S/C11H13BrF2N2/c1-11(2,3)10(15)16-9-7(12)4-6(13)5-8(9)14/h4-5H,1-3H3,(H2,15,16). The minimum Gasteiger partial charge on any atom is -0.387 e. The molecule has 0 spiro atoms. The summed E-state index contributed by atoms with van der Waals surface area (Å²) >= 11 is 3.05. The van der Waals surface area contributed by atoms with Crippen LogP contribution in [0.25, 0.3) is 0 Å². The fourth-order valence-corrected chi connectivity index (χ4v) is 1.43. The summed E-state index contributed by atoms with van der Waals surface area (Å²) in [6.07, 6.45) is 0. The Morgan fingerprint density at radius 3 is 2.31 bits per heavy atom. The van der Waals surface area contributed by atoms with Gasteiger partial charge in [0.25, 0.3) is 0 Å². The molecular formula is C11H13BrF2N2. The second-order valence-corrected chi connectivity index (χ2v) is 5.32. The average molecular weight is 291 g/mol. The van der Waals surface area contributed by atoms with Crippen LogP contribution < -0.4 is 5.73 Å². The van der Waals surface area contributed by atoms with Crippen molar-refractivity contribution < 1.29 is 8.78 Å². The number of halogens is 3. The van der Waals surface area contributed by atoms with Crippen LogP contribution in [0.2, 0.25) is 0 Å². The molecule has 2 nitrogen and oxygen atoms in total. The zero-order valence-electron chi connectivity index (χ0n) is 9.31. The van der Waals surface area contributed by atoms with E-state index in [2.05, 4.69) is 20.9 Å². The Morgan fingerprint density at radius 2 is 1.88 bits per heavy atom. The summed E-state index contributed by atoms with van der Waals surface area (Å²) in [5, 5.41) is 0. The fourth-order valence-electron chi connectivity index (χ4n) is 0.930. The molecule has 0 amide bonds. The van der Waals surface area contributed by atoms with Crippen molar-refractivity contribution in [1.29, 1.82) is 0 Å². The molecule has 0 atom stereocenters. The fraction of sp³-hybridized carbons (Fsp3) is 0.364. The van der Waals surface area contributed by atoms with Crippen LogP contribution in [0.3, 0.4) is 0 Å². The van der Waals surface area contributed by atoms with E-state index in [1.807, 2.05) is 20.8 Å². The molecule has 5 heteroatoms. The molecule has 1 rings (SSSR count). The minimum atomic E-state index is -0.737. The van der Waals surface area contributed by atoms with Crippen molar-refractivity contribution in [2.45, 2.75) is 20.8 Å². The number of benzene rings is 1. The first-order chi connectivity index (χ1) is 7.21. The van der Waals surface area contributed by atoms with Crippen molar-refractivity contribution in [2.24, 2.45) is 16.1 Å². The van der Waals surface area contributed by atoms with Gasteiger partial charge in [-0.25, -0.2) is 13.8 Å². The van der Waals surface area contributed by atoms with E-state index in [0.29, 0.717) is 5.84 Å². The maximum Gasteiger partial charge on any atom is 0.152 e. The zero-order chi connectivity index (χ0) is 12.5. The monoisotopic (exact) mass is 290 g/mol. The highest BCUT2D eigenvalue weighted by Crippen LogP contribution is 2.30. The third kappa shape index (κ3) is 3.01. The number of amidine groups is 1. The first-order valence-electron chi connectivity index (χ1n) is 4.71. The summed E-state index contributed by atoms with van der Waals surface area (Å²) in [7, 11) is 0. The lowest BCUT2D eigenvalue weighted by Gasteiger charge is -2.17. The summed E-state index contributed by atoms with van der Waals surface area (Å²) in [6, 6.07) is 1.93. The van der Waals surface area contributed by atoms with Gasteiger partial charge >= 0.3 is 0 Å². The average Bonchev–Trinajstić information content (AvgIpc) is 2.08. The quantitative estimate of drug-likeness (QED) is 0.621. The van der Waals surface area contributed by atoms with E-state index in [1.54, 1.807) is 0 Å². The summed E-state index contributed by atoms with van der Waals surface area (Å²) in [5.74, 6) is -1.10. The Hall–Kier alpha value is -0.970. The Bertz CT molecular complexity index is 413. The van der Waals surface area contributed by atoms with E-state index in [1.165, 1.54) is 0 Å². The van der Waals surface area contributed by atoms with E-state index < -0.39 is 11.6 Å². The maximum absolute atomic E-state index is 13.4. The van der Waals surface area contributed by atoms with Gasteiger partial charge in [-0.2, -0.15) is 0 Å². The molecule has 0 aliphatic carbocycles. The van der Waals surface area contributed by atoms with Crippen LogP contribution in [0.5, 0.6) is 0 Å². The van der Waals surface area contributed by atoms with Gasteiger partial charge in [0.2, 0.25) is 0 Å². The molecular weight excluding hydrogens is 278 g/mol. The van der Waals surface area contributed by atoms with Crippen molar-refractivity contribution >= 4 is 27.5 Å². The SMILES string of the molecule is CC(C)(C)C(N)=Nc1c(F)cc(F)cc1Br. The molecule has 0 unspecified atom stereocenters. The molecule has 1 aromatic carbocycles. The smallest absolute Gasteiger partial charge is 0.152 e. The lowest BCUT2D eigenvalue weighted by molar-refractivity contribution is 0.576. The molecule has 0 saturated heterocycles. The number of hydrogen-bond acceptors (Lipinski definition) is 1. The first-order valence-corrected chi connectivity index (χ1v) is 5.50. The van der Waals surface area contributed by atoms with Gasteiger partial charge in [0.05, 0.1) is 0 Å². The third-order valence-corrected chi connectivity index (χ3v) is 2.59. The van der Waals surface area contributed by atoms with Crippen molar-refractivity contribution in [2.75, 3.05) is 0 Å². The highest BCUT2D eigenvalue weighted by molar-refractivity contribution is 9.10. The van der Waals surface area contributed by atoms with Gasteiger partial charge in [-0.1, -0.05) is 20.8 Å². The summed E-state index contributed by atoms with van der Waals surface area (Å²) in [6.45, 7) is 5.59. The second kappa shape index (κ2) is 4.49. The van der Waals surface area contributed by atoms with Crippen LogP contribution in [-0.4, -0.2) is 5.84 Å². The molecule has 1 aromatic rings. The van der Waals surface area contributed by atoms with Crippen LogP contribution in [0, 0.1) is 17.0 Å². The molecule has 0 aliphatic rings. The Kier molecular flexibility index (Phi) is 3.68. The number of rotatable bonds is 1. The summed E-state index contributed by atoms with van der Waals surface area (Å²) < 4.78 is 26.5. The second-order valence-electron chi connectivity index (χ2n) is 4.47. The van der Waals surface area contributed by atoms with E-state index in [0.717, 1.165) is 12.1 Å². The molecule has 0 aromatic heterocycles. The summed E-state index contributed by atoms with van der Waals surface area (Å²) in [4.78, 5) is 3.98. The van der Waals surface area contributed by atoms with Gasteiger partial charge in [0, 0.05) is 16.0 Å². The van der Waals surface area contributed by atoms with Gasteiger partial charge in [-0.05, 0) is 22.0 Å².